The van der Waals surface area contributed by atoms with Crippen LogP contribution in [0.2, 0.25) is 5.02 Å². The van der Waals surface area contributed by atoms with E-state index in [4.69, 9.17) is 21.3 Å². The van der Waals surface area contributed by atoms with Gasteiger partial charge in [0, 0.05) is 35.0 Å². The number of ether oxygens (including phenoxy) is 1. The van der Waals surface area contributed by atoms with Crippen molar-refractivity contribution in [2.45, 2.75) is 71.2 Å². The van der Waals surface area contributed by atoms with Gasteiger partial charge in [0.1, 0.15) is 6.33 Å². The average molecular weight is 544 g/mol. The summed E-state index contributed by atoms with van der Waals surface area (Å²) in [6.45, 7) is 11.8. The first-order valence-electron chi connectivity index (χ1n) is 12.5. The van der Waals surface area contributed by atoms with Crippen molar-refractivity contribution in [3.63, 3.8) is 0 Å². The summed E-state index contributed by atoms with van der Waals surface area (Å²) in [5, 5.41) is 14.8. The van der Waals surface area contributed by atoms with Crippen molar-refractivity contribution < 1.29 is 14.6 Å². The van der Waals surface area contributed by atoms with Gasteiger partial charge in [0.15, 0.2) is 6.35 Å². The molecular formula is C27H34ClN5O3S. The van der Waals surface area contributed by atoms with Gasteiger partial charge in [0.05, 0.1) is 39.7 Å². The summed E-state index contributed by atoms with van der Waals surface area (Å²) in [5.74, 6) is -0.108. The van der Waals surface area contributed by atoms with Crippen molar-refractivity contribution in [2.24, 2.45) is 0 Å². The van der Waals surface area contributed by atoms with E-state index in [2.05, 4.69) is 31.1 Å². The number of likely N-dealkylation sites (N-methyl/N-ethyl adjacent to an activating group) is 1. The number of fused-ring (bicyclic) bond motifs is 1. The topological polar surface area (TPSA) is 90.8 Å². The van der Waals surface area contributed by atoms with Gasteiger partial charge in [0.25, 0.3) is 0 Å². The van der Waals surface area contributed by atoms with Crippen molar-refractivity contribution >= 4 is 39.1 Å². The number of halogens is 1. The Balaban J connectivity index is 1.52. The fourth-order valence-corrected chi connectivity index (χ4v) is 6.65. The van der Waals surface area contributed by atoms with Crippen LogP contribution in [0, 0.1) is 6.92 Å². The number of amides is 1. The lowest BCUT2D eigenvalue weighted by atomic mass is 9.93. The summed E-state index contributed by atoms with van der Waals surface area (Å²) in [6, 6.07) is 5.93. The van der Waals surface area contributed by atoms with E-state index in [0.717, 1.165) is 57.0 Å². The number of hydrogen-bond acceptors (Lipinski definition) is 8. The van der Waals surface area contributed by atoms with Crippen LogP contribution in [0.3, 0.4) is 0 Å². The van der Waals surface area contributed by atoms with E-state index in [-0.39, 0.29) is 17.6 Å². The summed E-state index contributed by atoms with van der Waals surface area (Å²) < 4.78 is 7.30. The summed E-state index contributed by atoms with van der Waals surface area (Å²) >= 11 is 8.08. The van der Waals surface area contributed by atoms with Crippen LogP contribution in [-0.4, -0.2) is 74.5 Å². The van der Waals surface area contributed by atoms with Crippen LogP contribution < -0.4 is 5.32 Å². The molecule has 2 N–H and O–H groups in total. The van der Waals surface area contributed by atoms with Gasteiger partial charge >= 0.3 is 0 Å². The summed E-state index contributed by atoms with van der Waals surface area (Å²) in [5.41, 5.74) is 3.84. The molecule has 1 unspecified atom stereocenters. The number of hydrogen-bond donors (Lipinski definition) is 2. The zero-order valence-corrected chi connectivity index (χ0v) is 23.7. The van der Waals surface area contributed by atoms with Gasteiger partial charge in [-0.15, -0.1) is 11.3 Å². The van der Waals surface area contributed by atoms with E-state index in [1.165, 1.54) is 4.90 Å². The lowest BCUT2D eigenvalue weighted by Crippen LogP contribution is -2.51. The van der Waals surface area contributed by atoms with E-state index in [0.29, 0.717) is 11.6 Å². The third-order valence-corrected chi connectivity index (χ3v) is 8.85. The highest BCUT2D eigenvalue weighted by atomic mass is 35.5. The first-order valence-corrected chi connectivity index (χ1v) is 13.7. The molecule has 2 atom stereocenters. The minimum absolute atomic E-state index is 0.0293. The minimum atomic E-state index is -0.978. The molecule has 37 heavy (non-hydrogen) atoms. The van der Waals surface area contributed by atoms with Gasteiger partial charge < -0.3 is 15.2 Å². The monoisotopic (exact) mass is 543 g/mol. The number of aryl methyl sites for hydroxylation is 1. The van der Waals surface area contributed by atoms with E-state index in [9.17, 15) is 9.90 Å². The number of carbonyl (C=O) groups is 1. The molecule has 2 aliphatic heterocycles. The number of thiophene rings is 1. The molecular weight excluding hydrogens is 510 g/mol. The van der Waals surface area contributed by atoms with Gasteiger partial charge in [-0.05, 0) is 71.0 Å². The first-order chi connectivity index (χ1) is 17.4. The highest BCUT2D eigenvalue weighted by Crippen LogP contribution is 2.38. The molecule has 1 aromatic carbocycles. The van der Waals surface area contributed by atoms with Crippen molar-refractivity contribution in [1.29, 1.82) is 0 Å². The molecule has 3 aromatic rings. The van der Waals surface area contributed by atoms with Gasteiger partial charge in [-0.2, -0.15) is 0 Å². The van der Waals surface area contributed by atoms with Gasteiger partial charge in [-0.25, -0.2) is 14.9 Å². The molecule has 2 saturated heterocycles. The molecule has 0 saturated carbocycles. The number of nitrogens with one attached hydrogen (secondary N) is 1. The van der Waals surface area contributed by atoms with E-state index >= 15 is 0 Å². The smallest absolute Gasteiger partial charge is 0.246 e. The number of aliphatic hydroxyl groups excluding tert-OH is 1. The molecule has 2 aliphatic rings. The highest BCUT2D eigenvalue weighted by molar-refractivity contribution is 7.19. The Labute approximate surface area is 226 Å². The predicted octanol–water partition coefficient (Wildman–Crippen LogP) is 3.96. The van der Waals surface area contributed by atoms with Gasteiger partial charge in [-0.1, -0.05) is 11.6 Å². The van der Waals surface area contributed by atoms with E-state index in [1.54, 1.807) is 29.6 Å². The average Bonchev–Trinajstić information content (AvgIpc) is 3.30. The molecule has 0 spiro atoms. The van der Waals surface area contributed by atoms with Crippen molar-refractivity contribution in [3.05, 3.63) is 45.6 Å². The van der Waals surface area contributed by atoms with Gasteiger partial charge in [0.2, 0.25) is 5.91 Å². The van der Waals surface area contributed by atoms with Crippen molar-refractivity contribution in [3.8, 4) is 11.3 Å². The lowest BCUT2D eigenvalue weighted by molar-refractivity contribution is -0.137. The second-order valence-electron chi connectivity index (χ2n) is 11.2. The minimum Gasteiger partial charge on any atom is -0.369 e. The molecule has 198 valence electrons. The number of benzene rings is 1. The fraction of sp³-hybridized carbons (Fsp3) is 0.519. The number of aromatic nitrogens is 2. The SMILES string of the molecule is Cc1cc(Cl)cc(-c2ncnc3cc(CN4C(=O)C(C)(C)N(C)C4O)sc23)c1C[C@@H]1CNCC(C)(C)O1. The molecule has 2 fully saturated rings. The van der Waals surface area contributed by atoms with E-state index < -0.39 is 11.9 Å². The summed E-state index contributed by atoms with van der Waals surface area (Å²) in [6.07, 6.45) is 1.35. The number of carbonyl (C=O) groups excluding carboxylic acids is 1. The Morgan fingerprint density at radius 2 is 2.00 bits per heavy atom. The second kappa shape index (κ2) is 9.55. The zero-order chi connectivity index (χ0) is 26.7. The number of aliphatic hydroxyl groups is 1. The van der Waals surface area contributed by atoms with E-state index in [1.807, 2.05) is 32.0 Å². The van der Waals surface area contributed by atoms with Crippen LogP contribution in [0.5, 0.6) is 0 Å². The Morgan fingerprint density at radius 3 is 2.68 bits per heavy atom. The molecule has 5 rings (SSSR count). The lowest BCUT2D eigenvalue weighted by Gasteiger charge is -2.37. The normalized spacial score (nSPS) is 23.8. The van der Waals surface area contributed by atoms with Crippen LogP contribution in [0.1, 0.15) is 43.7 Å². The van der Waals surface area contributed by atoms with Crippen LogP contribution in [-0.2, 0) is 22.5 Å². The van der Waals surface area contributed by atoms with Crippen LogP contribution in [0.25, 0.3) is 21.5 Å². The van der Waals surface area contributed by atoms with Crippen LogP contribution >= 0.6 is 22.9 Å². The highest BCUT2D eigenvalue weighted by Gasteiger charge is 2.49. The predicted molar refractivity (Wildman–Crippen MR) is 147 cm³/mol. The molecule has 0 radical (unpaired) electrons. The molecule has 0 bridgehead atoms. The number of nitrogens with zero attached hydrogens (tertiary/aromatic N) is 4. The van der Waals surface area contributed by atoms with Crippen molar-refractivity contribution in [1.82, 2.24) is 25.1 Å². The quantitative estimate of drug-likeness (QED) is 0.503. The zero-order valence-electron chi connectivity index (χ0n) is 22.1. The summed E-state index contributed by atoms with van der Waals surface area (Å²) in [7, 11) is 1.76. The Morgan fingerprint density at radius 1 is 1.24 bits per heavy atom. The molecule has 8 nitrogen and oxygen atoms in total. The Kier molecular flexibility index (Phi) is 6.83. The fourth-order valence-electron chi connectivity index (χ4n) is 5.27. The maximum atomic E-state index is 13.0. The van der Waals surface area contributed by atoms with Crippen LogP contribution in [0.4, 0.5) is 0 Å². The Bertz CT molecular complexity index is 1360. The molecule has 2 aromatic heterocycles. The van der Waals surface area contributed by atoms with Gasteiger partial charge in [-0.3, -0.25) is 9.69 Å². The maximum absolute atomic E-state index is 13.0. The summed E-state index contributed by atoms with van der Waals surface area (Å²) in [4.78, 5) is 26.3. The first kappa shape index (κ1) is 26.5. The second-order valence-corrected chi connectivity index (χ2v) is 12.8. The standard InChI is InChI=1S/C27H34ClN5O3S/c1-15-7-16(28)8-20(19(15)9-17-11-29-13-26(2,3)36-17)22-23-21(30-14-31-22)10-18(37-23)12-33-24(34)27(4,5)32(6)25(33)35/h7-8,10,14,17,25,29,35H,9,11-13H2,1-6H3/t17-,25?/m1/s1. The molecule has 1 amide bonds. The largest absolute Gasteiger partial charge is 0.369 e. The molecule has 10 heteroatoms. The number of rotatable bonds is 5. The Hall–Kier alpha value is -2.14. The van der Waals surface area contributed by atoms with Crippen LogP contribution in [0.15, 0.2) is 24.5 Å². The number of morpholine rings is 1. The molecule has 4 heterocycles. The third-order valence-electron chi connectivity index (χ3n) is 7.51. The maximum Gasteiger partial charge on any atom is 0.246 e. The third kappa shape index (κ3) is 4.89. The van der Waals surface area contributed by atoms with Crippen molar-refractivity contribution in [2.75, 3.05) is 20.1 Å². The molecule has 0 aliphatic carbocycles.